The minimum atomic E-state index is 0. The summed E-state index contributed by atoms with van der Waals surface area (Å²) in [7, 11) is 0. The van der Waals surface area contributed by atoms with E-state index in [4.69, 9.17) is 10.5 Å². The van der Waals surface area contributed by atoms with E-state index in [1.54, 1.807) is 0 Å². The van der Waals surface area contributed by atoms with Crippen molar-refractivity contribution in [2.75, 3.05) is 18.5 Å². The van der Waals surface area contributed by atoms with Gasteiger partial charge in [0.15, 0.2) is 5.96 Å². The lowest BCUT2D eigenvalue weighted by Gasteiger charge is -2.22. The zero-order chi connectivity index (χ0) is 15.2. The third-order valence-corrected chi connectivity index (χ3v) is 4.61. The second kappa shape index (κ2) is 9.47. The summed E-state index contributed by atoms with van der Waals surface area (Å²) in [5, 5.41) is 3.21. The largest absolute Gasteiger partial charge is 0.378 e. The molecule has 1 unspecified atom stereocenters. The van der Waals surface area contributed by atoms with Crippen LogP contribution < -0.4 is 11.1 Å². The highest BCUT2D eigenvalue weighted by Crippen LogP contribution is 2.24. The maximum Gasteiger partial charge on any atom is 0.193 e. The van der Waals surface area contributed by atoms with Crippen molar-refractivity contribution < 1.29 is 4.74 Å². The Morgan fingerprint density at radius 3 is 2.91 bits per heavy atom. The SMILES string of the molecule is I.NC(=NCCCC1CCCCO1)Nc1ccc2c(c1)CCC2. The number of aryl methyl sites for hydroxylation is 2. The van der Waals surface area contributed by atoms with Crippen molar-refractivity contribution in [1.29, 1.82) is 0 Å². The molecule has 128 valence electrons. The fourth-order valence-corrected chi connectivity index (χ4v) is 3.39. The third kappa shape index (κ3) is 5.64. The number of nitrogens with zero attached hydrogens (tertiary/aromatic N) is 1. The van der Waals surface area contributed by atoms with E-state index in [2.05, 4.69) is 28.5 Å². The van der Waals surface area contributed by atoms with E-state index in [1.165, 1.54) is 49.7 Å². The molecule has 2 aliphatic rings. The Labute approximate surface area is 156 Å². The molecule has 23 heavy (non-hydrogen) atoms. The maximum atomic E-state index is 5.98. The van der Waals surface area contributed by atoms with Gasteiger partial charge in [0.05, 0.1) is 6.10 Å². The first kappa shape index (κ1) is 18.5. The van der Waals surface area contributed by atoms with Crippen LogP contribution in [-0.4, -0.2) is 25.2 Å². The lowest BCUT2D eigenvalue weighted by Crippen LogP contribution is -2.23. The Balaban J connectivity index is 0.00000192. The average Bonchev–Trinajstić information content (AvgIpc) is 3.00. The molecule has 1 saturated heterocycles. The number of anilines is 1. The number of nitrogens with one attached hydrogen (secondary N) is 1. The van der Waals surface area contributed by atoms with Crippen LogP contribution in [0.4, 0.5) is 5.69 Å². The normalized spacial score (nSPS) is 20.7. The van der Waals surface area contributed by atoms with Crippen molar-refractivity contribution in [3.05, 3.63) is 29.3 Å². The Bertz CT molecular complexity index is 527. The van der Waals surface area contributed by atoms with Gasteiger partial charge in [-0.25, -0.2) is 0 Å². The van der Waals surface area contributed by atoms with Gasteiger partial charge in [0.1, 0.15) is 0 Å². The van der Waals surface area contributed by atoms with Gasteiger partial charge in [-0.15, -0.1) is 24.0 Å². The first-order valence-corrected chi connectivity index (χ1v) is 8.61. The minimum Gasteiger partial charge on any atom is -0.378 e. The molecule has 1 aromatic carbocycles. The van der Waals surface area contributed by atoms with Crippen molar-refractivity contribution in [3.63, 3.8) is 0 Å². The molecule has 3 N–H and O–H groups in total. The molecule has 1 aliphatic carbocycles. The van der Waals surface area contributed by atoms with Crippen LogP contribution in [0.15, 0.2) is 23.2 Å². The minimum absolute atomic E-state index is 0. The predicted octanol–water partition coefficient (Wildman–Crippen LogP) is 3.87. The predicted molar refractivity (Wildman–Crippen MR) is 107 cm³/mol. The fourth-order valence-electron chi connectivity index (χ4n) is 3.39. The Morgan fingerprint density at radius 1 is 1.22 bits per heavy atom. The highest BCUT2D eigenvalue weighted by atomic mass is 127. The second-order valence-electron chi connectivity index (χ2n) is 6.36. The zero-order valence-electron chi connectivity index (χ0n) is 13.7. The molecule has 1 atom stereocenters. The van der Waals surface area contributed by atoms with E-state index in [-0.39, 0.29) is 24.0 Å². The number of ether oxygens (including phenoxy) is 1. The van der Waals surface area contributed by atoms with E-state index < -0.39 is 0 Å². The topological polar surface area (TPSA) is 59.6 Å². The summed E-state index contributed by atoms with van der Waals surface area (Å²) < 4.78 is 5.73. The standard InChI is InChI=1S/C18H27N3O.HI/c19-18(20-11-4-8-17-7-1-2-12-22-17)21-16-10-9-14-5-3-6-15(14)13-16;/h9-10,13,17H,1-8,11-12H2,(H3,19,20,21);1H. The molecule has 1 aromatic rings. The van der Waals surface area contributed by atoms with E-state index in [9.17, 15) is 0 Å². The number of rotatable bonds is 5. The summed E-state index contributed by atoms with van der Waals surface area (Å²) in [5.74, 6) is 0.516. The quantitative estimate of drug-likeness (QED) is 0.323. The van der Waals surface area contributed by atoms with Crippen LogP contribution in [0.3, 0.4) is 0 Å². The molecule has 5 heteroatoms. The molecule has 1 aliphatic heterocycles. The summed E-state index contributed by atoms with van der Waals surface area (Å²) in [5.41, 5.74) is 9.96. The number of hydrogen-bond donors (Lipinski definition) is 2. The summed E-state index contributed by atoms with van der Waals surface area (Å²) in [6.45, 7) is 1.69. The van der Waals surface area contributed by atoms with Gasteiger partial charge in [0, 0.05) is 18.8 Å². The zero-order valence-corrected chi connectivity index (χ0v) is 16.1. The molecule has 0 amide bonds. The van der Waals surface area contributed by atoms with E-state index in [0.29, 0.717) is 12.1 Å². The molecule has 3 rings (SSSR count). The molecule has 1 fully saturated rings. The first-order valence-electron chi connectivity index (χ1n) is 8.61. The summed E-state index contributed by atoms with van der Waals surface area (Å²) in [6.07, 6.45) is 9.95. The van der Waals surface area contributed by atoms with E-state index in [0.717, 1.165) is 31.7 Å². The second-order valence-corrected chi connectivity index (χ2v) is 6.36. The lowest BCUT2D eigenvalue weighted by atomic mass is 10.1. The fraction of sp³-hybridized carbons (Fsp3) is 0.611. The van der Waals surface area contributed by atoms with Gasteiger partial charge in [-0.05, 0) is 74.6 Å². The number of aliphatic imine (C=N–C) groups is 1. The molecule has 4 nitrogen and oxygen atoms in total. The van der Waals surface area contributed by atoms with Crippen LogP contribution in [0, 0.1) is 0 Å². The number of fused-ring (bicyclic) bond motifs is 1. The van der Waals surface area contributed by atoms with Crippen molar-refractivity contribution in [2.45, 2.75) is 57.5 Å². The Hall–Kier alpha value is -0.820. The number of nitrogens with two attached hydrogens (primary N) is 1. The molecule has 0 spiro atoms. The number of halogens is 1. The smallest absolute Gasteiger partial charge is 0.193 e. The molecule has 0 radical (unpaired) electrons. The van der Waals surface area contributed by atoms with Gasteiger partial charge in [-0.3, -0.25) is 4.99 Å². The molecule has 0 bridgehead atoms. The van der Waals surface area contributed by atoms with Crippen LogP contribution in [0.1, 0.15) is 49.7 Å². The van der Waals surface area contributed by atoms with Crippen LogP contribution >= 0.6 is 24.0 Å². The van der Waals surface area contributed by atoms with E-state index >= 15 is 0 Å². The number of guanidine groups is 1. The summed E-state index contributed by atoms with van der Waals surface area (Å²) in [4.78, 5) is 4.43. The van der Waals surface area contributed by atoms with Crippen molar-refractivity contribution >= 4 is 35.6 Å². The maximum absolute atomic E-state index is 5.98. The summed E-state index contributed by atoms with van der Waals surface area (Å²) in [6, 6.07) is 6.52. The van der Waals surface area contributed by atoms with Crippen molar-refractivity contribution in [1.82, 2.24) is 0 Å². The van der Waals surface area contributed by atoms with Crippen LogP contribution in [0.5, 0.6) is 0 Å². The van der Waals surface area contributed by atoms with Gasteiger partial charge in [-0.1, -0.05) is 6.07 Å². The molecule has 0 aromatic heterocycles. The van der Waals surface area contributed by atoms with Gasteiger partial charge in [0.25, 0.3) is 0 Å². The molecular formula is C18H28IN3O. The Morgan fingerprint density at radius 2 is 2.09 bits per heavy atom. The summed E-state index contributed by atoms with van der Waals surface area (Å²) >= 11 is 0. The van der Waals surface area contributed by atoms with Gasteiger partial charge in [-0.2, -0.15) is 0 Å². The molecule has 0 saturated carbocycles. The van der Waals surface area contributed by atoms with Crippen LogP contribution in [-0.2, 0) is 17.6 Å². The highest BCUT2D eigenvalue weighted by Gasteiger charge is 2.13. The van der Waals surface area contributed by atoms with Crippen LogP contribution in [0.25, 0.3) is 0 Å². The molecular weight excluding hydrogens is 401 g/mol. The van der Waals surface area contributed by atoms with Gasteiger partial charge >= 0.3 is 0 Å². The van der Waals surface area contributed by atoms with Gasteiger partial charge < -0.3 is 15.8 Å². The Kier molecular flexibility index (Phi) is 7.62. The highest BCUT2D eigenvalue weighted by molar-refractivity contribution is 14.0. The molecule has 1 heterocycles. The monoisotopic (exact) mass is 429 g/mol. The lowest BCUT2D eigenvalue weighted by molar-refractivity contribution is 0.0105. The first-order chi connectivity index (χ1) is 10.8. The third-order valence-electron chi connectivity index (χ3n) is 4.61. The van der Waals surface area contributed by atoms with Gasteiger partial charge in [0.2, 0.25) is 0 Å². The average molecular weight is 429 g/mol. The van der Waals surface area contributed by atoms with Crippen molar-refractivity contribution in [3.8, 4) is 0 Å². The number of benzene rings is 1. The van der Waals surface area contributed by atoms with Crippen LogP contribution in [0.2, 0.25) is 0 Å². The van der Waals surface area contributed by atoms with Crippen molar-refractivity contribution in [2.24, 2.45) is 10.7 Å². The van der Waals surface area contributed by atoms with E-state index in [1.807, 2.05) is 0 Å². The number of hydrogen-bond acceptors (Lipinski definition) is 2.